The molecule has 4 nitrogen and oxygen atoms in total. The molecule has 0 saturated carbocycles. The number of carbonyl (C=O) groups is 1. The van der Waals surface area contributed by atoms with Crippen LogP contribution in [-0.2, 0) is 9.53 Å². The lowest BCUT2D eigenvalue weighted by atomic mass is 10.0. The summed E-state index contributed by atoms with van der Waals surface area (Å²) in [5, 5.41) is 8.77. The third kappa shape index (κ3) is 5.04. The van der Waals surface area contributed by atoms with Crippen LogP contribution in [0.5, 0.6) is 0 Å². The summed E-state index contributed by atoms with van der Waals surface area (Å²) in [5.74, 6) is -0.736. The van der Waals surface area contributed by atoms with E-state index in [2.05, 4.69) is 32.6 Å². The summed E-state index contributed by atoms with van der Waals surface area (Å²) in [4.78, 5) is 12.9. The van der Waals surface area contributed by atoms with E-state index in [4.69, 9.17) is 9.84 Å². The van der Waals surface area contributed by atoms with Gasteiger partial charge in [0, 0.05) is 18.6 Å². The number of aliphatic carboxylic acids is 1. The Morgan fingerprint density at radius 1 is 1.41 bits per heavy atom. The molecule has 1 aliphatic rings. The van der Waals surface area contributed by atoms with Crippen molar-refractivity contribution >= 4 is 5.97 Å². The molecule has 0 spiro atoms. The Bertz CT molecular complexity index is 260. The molecule has 2 atom stereocenters. The van der Waals surface area contributed by atoms with Crippen molar-refractivity contribution < 1.29 is 14.6 Å². The van der Waals surface area contributed by atoms with Gasteiger partial charge in [0.25, 0.3) is 0 Å². The van der Waals surface area contributed by atoms with Gasteiger partial charge in [-0.25, -0.2) is 0 Å². The van der Waals surface area contributed by atoms with Crippen molar-refractivity contribution in [1.82, 2.24) is 4.90 Å². The van der Waals surface area contributed by atoms with Crippen LogP contribution in [0.15, 0.2) is 0 Å². The molecule has 1 saturated heterocycles. The van der Waals surface area contributed by atoms with Crippen LogP contribution < -0.4 is 0 Å². The molecule has 1 N–H and O–H groups in total. The first-order valence-corrected chi connectivity index (χ1v) is 6.41. The normalized spacial score (nSPS) is 25.5. The zero-order valence-electron chi connectivity index (χ0n) is 11.4. The van der Waals surface area contributed by atoms with Crippen molar-refractivity contribution in [2.45, 2.75) is 64.7 Å². The fourth-order valence-electron chi connectivity index (χ4n) is 2.20. The lowest BCUT2D eigenvalue weighted by molar-refractivity contribution is -0.137. The van der Waals surface area contributed by atoms with Crippen LogP contribution in [0.4, 0.5) is 0 Å². The van der Waals surface area contributed by atoms with Crippen LogP contribution in [0.3, 0.4) is 0 Å². The topological polar surface area (TPSA) is 49.8 Å². The zero-order valence-corrected chi connectivity index (χ0v) is 11.4. The number of hydrogen-bond acceptors (Lipinski definition) is 3. The van der Waals surface area contributed by atoms with Gasteiger partial charge in [-0.3, -0.25) is 9.69 Å². The quantitative estimate of drug-likeness (QED) is 0.803. The Kier molecular flexibility index (Phi) is 4.95. The van der Waals surface area contributed by atoms with Crippen molar-refractivity contribution in [1.29, 1.82) is 0 Å². The number of hydrogen-bond donors (Lipinski definition) is 1. The average molecular weight is 243 g/mol. The molecule has 0 aromatic carbocycles. The van der Waals surface area contributed by atoms with Crippen molar-refractivity contribution in [2.75, 3.05) is 13.1 Å². The number of nitrogens with zero attached hydrogens (tertiary/aromatic N) is 1. The van der Waals surface area contributed by atoms with Gasteiger partial charge < -0.3 is 9.84 Å². The summed E-state index contributed by atoms with van der Waals surface area (Å²) in [7, 11) is 0. The van der Waals surface area contributed by atoms with Gasteiger partial charge in [-0.15, -0.1) is 0 Å². The summed E-state index contributed by atoms with van der Waals surface area (Å²) < 4.78 is 5.80. The van der Waals surface area contributed by atoms with Gasteiger partial charge >= 0.3 is 5.97 Å². The number of carboxylic acid groups (broad SMARTS) is 1. The minimum absolute atomic E-state index is 0.00929. The summed E-state index contributed by atoms with van der Waals surface area (Å²) >= 11 is 0. The molecule has 0 aliphatic carbocycles. The Morgan fingerprint density at radius 2 is 2.06 bits per heavy atom. The fourth-order valence-corrected chi connectivity index (χ4v) is 2.20. The maximum Gasteiger partial charge on any atom is 0.304 e. The molecule has 4 heteroatoms. The highest BCUT2D eigenvalue weighted by Crippen LogP contribution is 2.23. The predicted molar refractivity (Wildman–Crippen MR) is 67.1 cm³/mol. The van der Waals surface area contributed by atoms with Crippen LogP contribution >= 0.6 is 0 Å². The maximum absolute atomic E-state index is 10.7. The van der Waals surface area contributed by atoms with E-state index < -0.39 is 5.97 Å². The van der Waals surface area contributed by atoms with Crippen molar-refractivity contribution in [2.24, 2.45) is 0 Å². The number of carboxylic acids is 1. The van der Waals surface area contributed by atoms with Crippen molar-refractivity contribution in [3.05, 3.63) is 0 Å². The highest BCUT2D eigenvalue weighted by molar-refractivity contribution is 5.66. The monoisotopic (exact) mass is 243 g/mol. The molecule has 1 aliphatic heterocycles. The van der Waals surface area contributed by atoms with Crippen molar-refractivity contribution in [3.63, 3.8) is 0 Å². The molecule has 0 amide bonds. The fraction of sp³-hybridized carbons (Fsp3) is 0.923. The van der Waals surface area contributed by atoms with Gasteiger partial charge in [0.15, 0.2) is 0 Å². The smallest absolute Gasteiger partial charge is 0.304 e. The minimum atomic E-state index is -0.736. The van der Waals surface area contributed by atoms with Crippen molar-refractivity contribution in [3.8, 4) is 0 Å². The average Bonchev–Trinajstić information content (AvgIpc) is 2.56. The summed E-state index contributed by atoms with van der Waals surface area (Å²) in [6.07, 6.45) is 3.00. The molecule has 1 heterocycles. The zero-order chi connectivity index (χ0) is 13.1. The molecule has 1 fully saturated rings. The first kappa shape index (κ1) is 14.5. The summed E-state index contributed by atoms with van der Waals surface area (Å²) in [5.41, 5.74) is -0.00929. The first-order valence-electron chi connectivity index (χ1n) is 6.41. The van der Waals surface area contributed by atoms with Gasteiger partial charge in [0.1, 0.15) is 0 Å². The SMILES string of the molecule is CC1CCC(CN(CCC(=O)O)C(C)(C)C)O1. The van der Waals surface area contributed by atoms with Crippen LogP contribution in [0.2, 0.25) is 0 Å². The highest BCUT2D eigenvalue weighted by atomic mass is 16.5. The molecule has 0 aromatic rings. The van der Waals surface area contributed by atoms with E-state index in [1.165, 1.54) is 0 Å². The Morgan fingerprint density at radius 3 is 2.47 bits per heavy atom. The van der Waals surface area contributed by atoms with Crippen LogP contribution in [-0.4, -0.2) is 46.8 Å². The van der Waals surface area contributed by atoms with E-state index in [-0.39, 0.29) is 18.1 Å². The Labute approximate surface area is 104 Å². The van der Waals surface area contributed by atoms with Crippen LogP contribution in [0, 0.1) is 0 Å². The van der Waals surface area contributed by atoms with Gasteiger partial charge in [-0.05, 0) is 40.5 Å². The highest BCUT2D eigenvalue weighted by Gasteiger charge is 2.29. The maximum atomic E-state index is 10.7. The lowest BCUT2D eigenvalue weighted by Gasteiger charge is -2.37. The second-order valence-corrected chi connectivity index (χ2v) is 5.91. The third-order valence-electron chi connectivity index (χ3n) is 3.29. The number of ether oxygens (including phenoxy) is 1. The second-order valence-electron chi connectivity index (χ2n) is 5.91. The summed E-state index contributed by atoms with van der Waals surface area (Å²) in [6, 6.07) is 0. The minimum Gasteiger partial charge on any atom is -0.481 e. The molecule has 0 radical (unpaired) electrons. The van der Waals surface area contributed by atoms with Gasteiger partial charge in [0.2, 0.25) is 0 Å². The molecule has 17 heavy (non-hydrogen) atoms. The van der Waals surface area contributed by atoms with E-state index >= 15 is 0 Å². The van der Waals surface area contributed by atoms with Gasteiger partial charge in [-0.1, -0.05) is 0 Å². The van der Waals surface area contributed by atoms with Gasteiger partial charge in [0.05, 0.1) is 18.6 Å². The molecular weight excluding hydrogens is 218 g/mol. The van der Waals surface area contributed by atoms with E-state index in [9.17, 15) is 4.79 Å². The molecule has 0 bridgehead atoms. The predicted octanol–water partition coefficient (Wildman–Crippen LogP) is 2.13. The first-order chi connectivity index (χ1) is 7.79. The largest absolute Gasteiger partial charge is 0.481 e. The Hall–Kier alpha value is -0.610. The van der Waals surface area contributed by atoms with Crippen LogP contribution in [0.25, 0.3) is 0 Å². The molecule has 1 rings (SSSR count). The molecular formula is C13H25NO3. The second kappa shape index (κ2) is 5.83. The molecule has 100 valence electrons. The standard InChI is InChI=1S/C13H25NO3/c1-10-5-6-11(17-10)9-14(13(2,3)4)8-7-12(15)16/h10-11H,5-9H2,1-4H3,(H,15,16). The van der Waals surface area contributed by atoms with E-state index in [1.54, 1.807) is 0 Å². The van der Waals surface area contributed by atoms with Gasteiger partial charge in [-0.2, -0.15) is 0 Å². The molecule has 0 aromatic heterocycles. The van der Waals surface area contributed by atoms with E-state index in [0.717, 1.165) is 19.4 Å². The van der Waals surface area contributed by atoms with E-state index in [1.807, 2.05) is 0 Å². The molecule has 2 unspecified atom stereocenters. The third-order valence-corrected chi connectivity index (χ3v) is 3.29. The number of rotatable bonds is 5. The Balaban J connectivity index is 2.49. The lowest BCUT2D eigenvalue weighted by Crippen LogP contribution is -2.46. The van der Waals surface area contributed by atoms with Crippen LogP contribution in [0.1, 0.15) is 47.0 Å². The summed E-state index contributed by atoms with van der Waals surface area (Å²) in [6.45, 7) is 9.88. The van der Waals surface area contributed by atoms with E-state index in [0.29, 0.717) is 12.6 Å².